The van der Waals surface area contributed by atoms with E-state index in [-0.39, 0.29) is 0 Å². The van der Waals surface area contributed by atoms with Gasteiger partial charge in [-0.3, -0.25) is 4.79 Å². The average molecular weight is 150 g/mol. The maximum absolute atomic E-state index is 11.4. The van der Waals surface area contributed by atoms with Gasteiger partial charge in [0, 0.05) is 12.3 Å². The van der Waals surface area contributed by atoms with Crippen molar-refractivity contribution in [3.8, 4) is 0 Å². The third-order valence-corrected chi connectivity index (χ3v) is 4.18. The van der Waals surface area contributed by atoms with Crippen LogP contribution in [0.25, 0.3) is 0 Å². The van der Waals surface area contributed by atoms with Gasteiger partial charge in [0.15, 0.2) is 0 Å². The van der Waals surface area contributed by atoms with E-state index in [1.165, 1.54) is 25.7 Å². The quantitative estimate of drug-likeness (QED) is 0.516. The van der Waals surface area contributed by atoms with Gasteiger partial charge in [-0.2, -0.15) is 0 Å². The minimum atomic E-state index is 0.536. The van der Waals surface area contributed by atoms with Crippen molar-refractivity contribution in [3.63, 3.8) is 0 Å². The van der Waals surface area contributed by atoms with Crippen molar-refractivity contribution < 1.29 is 4.79 Å². The normalized spacial score (nSPS) is 53.6. The van der Waals surface area contributed by atoms with Gasteiger partial charge in [0.1, 0.15) is 5.78 Å². The van der Waals surface area contributed by atoms with Gasteiger partial charge in [-0.05, 0) is 43.4 Å². The number of carbonyl (C=O) groups is 1. The minimum absolute atomic E-state index is 0.536. The van der Waals surface area contributed by atoms with Crippen molar-refractivity contribution in [2.45, 2.75) is 32.1 Å². The molecule has 60 valence electrons. The topological polar surface area (TPSA) is 17.1 Å². The smallest absolute Gasteiger partial charge is 0.136 e. The van der Waals surface area contributed by atoms with E-state index < -0.39 is 0 Å². The Bertz CT molecular complexity index is 209. The molecule has 0 radical (unpaired) electrons. The summed E-state index contributed by atoms with van der Waals surface area (Å²) in [6.07, 6.45) is 6.31. The van der Waals surface area contributed by atoms with E-state index in [0.717, 1.165) is 24.2 Å². The van der Waals surface area contributed by atoms with Crippen LogP contribution in [0.4, 0.5) is 0 Å². The van der Waals surface area contributed by atoms with Gasteiger partial charge in [-0.1, -0.05) is 0 Å². The first kappa shape index (κ1) is 6.22. The van der Waals surface area contributed by atoms with E-state index in [2.05, 4.69) is 0 Å². The second-order valence-electron chi connectivity index (χ2n) is 4.53. The number of hydrogen-bond donors (Lipinski definition) is 0. The van der Waals surface area contributed by atoms with Crippen molar-refractivity contribution in [2.75, 3.05) is 0 Å². The molecule has 3 aliphatic rings. The summed E-state index contributed by atoms with van der Waals surface area (Å²) in [6, 6.07) is 0. The molecule has 0 aliphatic heterocycles. The Morgan fingerprint density at radius 1 is 1.09 bits per heavy atom. The summed E-state index contributed by atoms with van der Waals surface area (Å²) in [5, 5.41) is 0. The maximum atomic E-state index is 11.4. The second kappa shape index (κ2) is 1.88. The lowest BCUT2D eigenvalue weighted by Crippen LogP contribution is -2.21. The van der Waals surface area contributed by atoms with Crippen LogP contribution in [0.5, 0.6) is 0 Å². The molecule has 0 aromatic rings. The zero-order valence-corrected chi connectivity index (χ0v) is 6.75. The summed E-state index contributed by atoms with van der Waals surface area (Å²) in [5.41, 5.74) is 0. The SMILES string of the molecule is O=C1CC[C@H]2[C@@H]3CC[C@@H](C3)[C@@H]12. The van der Waals surface area contributed by atoms with Gasteiger partial charge in [0.25, 0.3) is 0 Å². The Balaban J connectivity index is 1.97. The van der Waals surface area contributed by atoms with E-state index in [4.69, 9.17) is 0 Å². The fourth-order valence-corrected chi connectivity index (χ4v) is 3.80. The van der Waals surface area contributed by atoms with E-state index in [1.807, 2.05) is 0 Å². The largest absolute Gasteiger partial charge is 0.299 e. The Kier molecular flexibility index (Phi) is 1.06. The average Bonchev–Trinajstić information content (AvgIpc) is 2.60. The van der Waals surface area contributed by atoms with E-state index >= 15 is 0 Å². The first-order valence-corrected chi connectivity index (χ1v) is 4.89. The zero-order chi connectivity index (χ0) is 7.42. The molecule has 3 fully saturated rings. The molecule has 0 N–H and O–H groups in total. The van der Waals surface area contributed by atoms with Crippen LogP contribution in [0.3, 0.4) is 0 Å². The molecule has 4 atom stereocenters. The van der Waals surface area contributed by atoms with Crippen molar-refractivity contribution in [3.05, 3.63) is 0 Å². The lowest BCUT2D eigenvalue weighted by Gasteiger charge is -2.22. The summed E-state index contributed by atoms with van der Waals surface area (Å²) in [4.78, 5) is 11.4. The first-order chi connectivity index (χ1) is 5.36. The van der Waals surface area contributed by atoms with Crippen molar-refractivity contribution in [1.82, 2.24) is 0 Å². The second-order valence-corrected chi connectivity index (χ2v) is 4.53. The number of rotatable bonds is 0. The molecule has 3 saturated carbocycles. The zero-order valence-electron chi connectivity index (χ0n) is 6.75. The monoisotopic (exact) mass is 150 g/mol. The molecule has 0 aromatic carbocycles. The lowest BCUT2D eigenvalue weighted by molar-refractivity contribution is -0.122. The van der Waals surface area contributed by atoms with Crippen LogP contribution in [0, 0.1) is 23.7 Å². The third-order valence-electron chi connectivity index (χ3n) is 4.18. The number of ketones is 1. The molecule has 2 bridgehead atoms. The molecule has 0 saturated heterocycles. The van der Waals surface area contributed by atoms with Gasteiger partial charge in [0.05, 0.1) is 0 Å². The van der Waals surface area contributed by atoms with Crippen LogP contribution >= 0.6 is 0 Å². The fraction of sp³-hybridized carbons (Fsp3) is 0.900. The van der Waals surface area contributed by atoms with Crippen molar-refractivity contribution >= 4 is 5.78 Å². The Hall–Kier alpha value is -0.330. The van der Waals surface area contributed by atoms with Crippen LogP contribution in [0.2, 0.25) is 0 Å². The van der Waals surface area contributed by atoms with Crippen molar-refractivity contribution in [1.29, 1.82) is 0 Å². The maximum Gasteiger partial charge on any atom is 0.136 e. The van der Waals surface area contributed by atoms with Crippen LogP contribution in [0.1, 0.15) is 32.1 Å². The van der Waals surface area contributed by atoms with Crippen LogP contribution in [-0.2, 0) is 4.79 Å². The molecular formula is C10H14O. The minimum Gasteiger partial charge on any atom is -0.299 e. The summed E-state index contributed by atoms with van der Waals surface area (Å²) in [5.74, 6) is 3.74. The van der Waals surface area contributed by atoms with E-state index in [9.17, 15) is 4.79 Å². The number of Topliss-reactive ketones (excluding diaryl/α,β-unsaturated/α-hetero) is 1. The van der Waals surface area contributed by atoms with Gasteiger partial charge in [-0.25, -0.2) is 0 Å². The molecule has 11 heavy (non-hydrogen) atoms. The fourth-order valence-electron chi connectivity index (χ4n) is 3.80. The molecule has 0 heterocycles. The summed E-state index contributed by atoms with van der Waals surface area (Å²) < 4.78 is 0. The predicted molar refractivity (Wildman–Crippen MR) is 42.1 cm³/mol. The number of fused-ring (bicyclic) bond motifs is 5. The molecule has 1 heteroatoms. The van der Waals surface area contributed by atoms with Crippen LogP contribution in [0.15, 0.2) is 0 Å². The number of hydrogen-bond acceptors (Lipinski definition) is 1. The predicted octanol–water partition coefficient (Wildman–Crippen LogP) is 2.01. The molecule has 3 rings (SSSR count). The molecular weight excluding hydrogens is 136 g/mol. The van der Waals surface area contributed by atoms with Crippen LogP contribution in [-0.4, -0.2) is 5.78 Å². The molecule has 0 spiro atoms. The van der Waals surface area contributed by atoms with Crippen LogP contribution < -0.4 is 0 Å². The highest BCUT2D eigenvalue weighted by atomic mass is 16.1. The Morgan fingerprint density at radius 2 is 1.91 bits per heavy atom. The van der Waals surface area contributed by atoms with E-state index in [0.29, 0.717) is 11.7 Å². The highest BCUT2D eigenvalue weighted by Gasteiger charge is 2.52. The Morgan fingerprint density at radius 3 is 2.73 bits per heavy atom. The van der Waals surface area contributed by atoms with Crippen molar-refractivity contribution in [2.24, 2.45) is 23.7 Å². The summed E-state index contributed by atoms with van der Waals surface area (Å²) >= 11 is 0. The lowest BCUT2D eigenvalue weighted by atomic mass is 9.81. The van der Waals surface area contributed by atoms with Gasteiger partial charge in [-0.15, -0.1) is 0 Å². The number of carbonyl (C=O) groups excluding carboxylic acids is 1. The van der Waals surface area contributed by atoms with Gasteiger partial charge >= 0.3 is 0 Å². The van der Waals surface area contributed by atoms with E-state index in [1.54, 1.807) is 0 Å². The summed E-state index contributed by atoms with van der Waals surface area (Å²) in [7, 11) is 0. The molecule has 1 nitrogen and oxygen atoms in total. The van der Waals surface area contributed by atoms with Gasteiger partial charge in [0.2, 0.25) is 0 Å². The highest BCUT2D eigenvalue weighted by molar-refractivity contribution is 5.84. The standard InChI is InChI=1S/C10H14O/c11-9-4-3-8-6-1-2-7(5-6)10(8)9/h6-8,10H,1-5H2/t6-,7+,8+,10-/m1/s1. The third kappa shape index (κ3) is 0.646. The molecule has 3 aliphatic carbocycles. The first-order valence-electron chi connectivity index (χ1n) is 4.89. The summed E-state index contributed by atoms with van der Waals surface area (Å²) in [6.45, 7) is 0. The van der Waals surface area contributed by atoms with Gasteiger partial charge < -0.3 is 0 Å². The molecule has 0 unspecified atom stereocenters. The Labute approximate surface area is 67.2 Å². The molecule has 0 amide bonds. The molecule has 0 aromatic heterocycles. The highest BCUT2D eigenvalue weighted by Crippen LogP contribution is 2.57.